The van der Waals surface area contributed by atoms with Crippen LogP contribution in [0.3, 0.4) is 0 Å². The molecule has 2 aromatic carbocycles. The molecular weight excluding hydrogens is 354 g/mol. The number of aromatic nitrogens is 1. The zero-order chi connectivity index (χ0) is 17.6. The van der Waals surface area contributed by atoms with Gasteiger partial charge in [-0.15, -0.1) is 11.3 Å². The Kier molecular flexibility index (Phi) is 5.58. The van der Waals surface area contributed by atoms with Gasteiger partial charge in [0, 0.05) is 29.1 Å². The van der Waals surface area contributed by atoms with Crippen molar-refractivity contribution < 1.29 is 4.79 Å². The highest BCUT2D eigenvalue weighted by Gasteiger charge is 2.14. The minimum Gasteiger partial charge on any atom is -0.273 e. The molecule has 0 saturated heterocycles. The summed E-state index contributed by atoms with van der Waals surface area (Å²) in [7, 11) is 0. The number of thiazole rings is 1. The van der Waals surface area contributed by atoms with Gasteiger partial charge in [0.05, 0.1) is 12.3 Å². The predicted octanol–water partition coefficient (Wildman–Crippen LogP) is 4.60. The molecule has 3 rings (SSSR count). The van der Waals surface area contributed by atoms with Crippen molar-refractivity contribution >= 4 is 34.6 Å². The number of benzene rings is 2. The van der Waals surface area contributed by atoms with Crippen molar-refractivity contribution in [2.45, 2.75) is 13.5 Å². The molecule has 1 aromatic heterocycles. The van der Waals surface area contributed by atoms with E-state index in [0.29, 0.717) is 11.0 Å². The van der Waals surface area contributed by atoms with Crippen LogP contribution >= 0.6 is 22.9 Å². The average Bonchev–Trinajstić information content (AvgIpc) is 3.05. The van der Waals surface area contributed by atoms with E-state index in [1.54, 1.807) is 6.20 Å². The van der Waals surface area contributed by atoms with E-state index < -0.39 is 0 Å². The standard InChI is InChI=1S/C19H16ClN3OS/c1-14(24)23(13-17-12-21-19(20)25-17)22-18(15-8-4-2-5-9-15)16-10-6-3-7-11-16/h2-12H,13H2,1H3. The number of hydrogen-bond acceptors (Lipinski definition) is 4. The van der Waals surface area contributed by atoms with Crippen LogP contribution in [0.15, 0.2) is 72.0 Å². The molecule has 0 N–H and O–H groups in total. The molecule has 0 aliphatic carbocycles. The molecule has 1 amide bonds. The second kappa shape index (κ2) is 8.05. The van der Waals surface area contributed by atoms with E-state index in [1.165, 1.54) is 23.3 Å². The van der Waals surface area contributed by atoms with Gasteiger partial charge in [0.2, 0.25) is 5.91 Å². The molecule has 0 atom stereocenters. The summed E-state index contributed by atoms with van der Waals surface area (Å²) < 4.78 is 0.453. The molecule has 6 heteroatoms. The van der Waals surface area contributed by atoms with Crippen LogP contribution in [0, 0.1) is 0 Å². The second-order valence-electron chi connectivity index (χ2n) is 5.34. The van der Waals surface area contributed by atoms with Crippen molar-refractivity contribution in [3.05, 3.63) is 87.3 Å². The Bertz CT molecular complexity index is 836. The maximum absolute atomic E-state index is 12.1. The number of amides is 1. The Hall–Kier alpha value is -2.50. The van der Waals surface area contributed by atoms with Gasteiger partial charge in [-0.1, -0.05) is 72.3 Å². The third kappa shape index (κ3) is 4.53. The lowest BCUT2D eigenvalue weighted by atomic mass is 10.0. The van der Waals surface area contributed by atoms with Gasteiger partial charge in [-0.3, -0.25) is 4.79 Å². The quantitative estimate of drug-likeness (QED) is 0.487. The van der Waals surface area contributed by atoms with E-state index in [-0.39, 0.29) is 5.91 Å². The first-order valence-corrected chi connectivity index (χ1v) is 8.90. The lowest BCUT2D eigenvalue weighted by molar-refractivity contribution is -0.129. The zero-order valence-corrected chi connectivity index (χ0v) is 15.2. The molecule has 25 heavy (non-hydrogen) atoms. The Morgan fingerprint density at radius 3 is 2.08 bits per heavy atom. The molecule has 0 spiro atoms. The first-order valence-electron chi connectivity index (χ1n) is 7.71. The number of halogens is 1. The molecule has 4 nitrogen and oxygen atoms in total. The number of nitrogens with zero attached hydrogens (tertiary/aromatic N) is 3. The van der Waals surface area contributed by atoms with Gasteiger partial charge in [0.25, 0.3) is 0 Å². The predicted molar refractivity (Wildman–Crippen MR) is 102 cm³/mol. The average molecular weight is 370 g/mol. The second-order valence-corrected chi connectivity index (χ2v) is 7.03. The molecule has 0 aliphatic heterocycles. The number of carbonyl (C=O) groups excluding carboxylic acids is 1. The summed E-state index contributed by atoms with van der Waals surface area (Å²) >= 11 is 7.23. The fourth-order valence-corrected chi connectivity index (χ4v) is 3.28. The smallest absolute Gasteiger partial charge is 0.239 e. The summed E-state index contributed by atoms with van der Waals surface area (Å²) in [4.78, 5) is 17.0. The fourth-order valence-electron chi connectivity index (χ4n) is 2.32. The van der Waals surface area contributed by atoms with Gasteiger partial charge < -0.3 is 0 Å². The van der Waals surface area contributed by atoms with Crippen molar-refractivity contribution in [1.82, 2.24) is 9.99 Å². The zero-order valence-electron chi connectivity index (χ0n) is 13.6. The monoisotopic (exact) mass is 369 g/mol. The van der Waals surface area contributed by atoms with Crippen molar-refractivity contribution in [3.8, 4) is 0 Å². The maximum atomic E-state index is 12.1. The third-order valence-corrected chi connectivity index (χ3v) is 4.61. The first-order chi connectivity index (χ1) is 12.1. The van der Waals surface area contributed by atoms with Crippen molar-refractivity contribution in [2.75, 3.05) is 0 Å². The number of rotatable bonds is 5. The summed E-state index contributed by atoms with van der Waals surface area (Å²) in [5.74, 6) is -0.145. The summed E-state index contributed by atoms with van der Waals surface area (Å²) in [5, 5.41) is 6.10. The van der Waals surface area contributed by atoms with E-state index in [1.807, 2.05) is 60.7 Å². The van der Waals surface area contributed by atoms with Crippen LogP contribution in [-0.2, 0) is 11.3 Å². The molecule has 0 saturated carbocycles. The lowest BCUT2D eigenvalue weighted by Gasteiger charge is -2.17. The lowest BCUT2D eigenvalue weighted by Crippen LogP contribution is -2.24. The van der Waals surface area contributed by atoms with Crippen LogP contribution in [-0.4, -0.2) is 21.6 Å². The van der Waals surface area contributed by atoms with Crippen molar-refractivity contribution in [2.24, 2.45) is 5.10 Å². The van der Waals surface area contributed by atoms with Crippen molar-refractivity contribution in [1.29, 1.82) is 0 Å². The summed E-state index contributed by atoms with van der Waals surface area (Å²) in [5.41, 5.74) is 2.64. The normalized spacial score (nSPS) is 10.3. The van der Waals surface area contributed by atoms with Gasteiger partial charge in [-0.2, -0.15) is 5.10 Å². The van der Waals surface area contributed by atoms with E-state index in [0.717, 1.165) is 21.7 Å². The molecule has 0 unspecified atom stereocenters. The minimum absolute atomic E-state index is 0.145. The Balaban J connectivity index is 2.01. The van der Waals surface area contributed by atoms with E-state index in [9.17, 15) is 4.79 Å². The molecule has 0 radical (unpaired) electrons. The van der Waals surface area contributed by atoms with Crippen LogP contribution in [0.2, 0.25) is 4.47 Å². The minimum atomic E-state index is -0.145. The van der Waals surface area contributed by atoms with Crippen LogP contribution < -0.4 is 0 Å². The molecule has 1 heterocycles. The third-order valence-electron chi connectivity index (χ3n) is 3.51. The Morgan fingerprint density at radius 2 is 1.64 bits per heavy atom. The molecular formula is C19H16ClN3OS. The van der Waals surface area contributed by atoms with Gasteiger partial charge in [0.15, 0.2) is 4.47 Å². The number of hydrazone groups is 1. The molecule has 3 aromatic rings. The summed E-state index contributed by atoms with van der Waals surface area (Å²) in [6, 6.07) is 19.6. The fraction of sp³-hybridized carbons (Fsp3) is 0.105. The summed E-state index contributed by atoms with van der Waals surface area (Å²) in [6.45, 7) is 1.84. The largest absolute Gasteiger partial charge is 0.273 e. The molecule has 0 fully saturated rings. The van der Waals surface area contributed by atoms with E-state index >= 15 is 0 Å². The first kappa shape index (κ1) is 17.3. The van der Waals surface area contributed by atoms with E-state index in [4.69, 9.17) is 11.6 Å². The Morgan fingerprint density at radius 1 is 1.08 bits per heavy atom. The number of carbonyl (C=O) groups is 1. The molecule has 126 valence electrons. The summed E-state index contributed by atoms with van der Waals surface area (Å²) in [6.07, 6.45) is 1.67. The highest BCUT2D eigenvalue weighted by molar-refractivity contribution is 7.15. The SMILES string of the molecule is CC(=O)N(Cc1cnc(Cl)s1)N=C(c1ccccc1)c1ccccc1. The van der Waals surface area contributed by atoms with Gasteiger partial charge in [-0.25, -0.2) is 9.99 Å². The highest BCUT2D eigenvalue weighted by Crippen LogP contribution is 2.20. The van der Waals surface area contributed by atoms with Crippen LogP contribution in [0.25, 0.3) is 0 Å². The van der Waals surface area contributed by atoms with Gasteiger partial charge in [0.1, 0.15) is 0 Å². The van der Waals surface area contributed by atoms with Crippen LogP contribution in [0.4, 0.5) is 0 Å². The van der Waals surface area contributed by atoms with Gasteiger partial charge in [-0.05, 0) is 0 Å². The maximum Gasteiger partial charge on any atom is 0.239 e. The van der Waals surface area contributed by atoms with Gasteiger partial charge >= 0.3 is 0 Å². The van der Waals surface area contributed by atoms with Crippen LogP contribution in [0.5, 0.6) is 0 Å². The van der Waals surface area contributed by atoms with E-state index in [2.05, 4.69) is 10.1 Å². The molecule has 0 aliphatic rings. The van der Waals surface area contributed by atoms with Crippen LogP contribution in [0.1, 0.15) is 22.9 Å². The Labute approximate surface area is 155 Å². The highest BCUT2D eigenvalue weighted by atomic mass is 35.5. The van der Waals surface area contributed by atoms with Crippen molar-refractivity contribution in [3.63, 3.8) is 0 Å². The molecule has 0 bridgehead atoms. The number of hydrogen-bond donors (Lipinski definition) is 0. The topological polar surface area (TPSA) is 45.6 Å².